The van der Waals surface area contributed by atoms with Crippen molar-refractivity contribution in [1.82, 2.24) is 4.98 Å². The third kappa shape index (κ3) is 4.00. The molecule has 0 aliphatic heterocycles. The summed E-state index contributed by atoms with van der Waals surface area (Å²) < 4.78 is 66.4. The van der Waals surface area contributed by atoms with Crippen molar-refractivity contribution in [3.05, 3.63) is 70.9 Å². The number of hydrogen-bond acceptors (Lipinski definition) is 3. The van der Waals surface area contributed by atoms with E-state index in [1.54, 1.807) is 0 Å². The lowest BCUT2D eigenvalue weighted by atomic mass is 9.99. The van der Waals surface area contributed by atoms with E-state index in [0.29, 0.717) is 11.8 Å². The Morgan fingerprint density at radius 2 is 1.85 bits per heavy atom. The number of nitrogens with zero attached hydrogens (tertiary/aromatic N) is 1. The van der Waals surface area contributed by atoms with Crippen molar-refractivity contribution >= 4 is 16.6 Å². The number of anilines is 1. The average molecular weight is 382 g/mol. The van der Waals surface area contributed by atoms with Gasteiger partial charge in [-0.25, -0.2) is 8.78 Å². The van der Waals surface area contributed by atoms with E-state index < -0.39 is 29.5 Å². The molecular formula is C19H15F5N2O. The highest BCUT2D eigenvalue weighted by atomic mass is 19.4. The summed E-state index contributed by atoms with van der Waals surface area (Å²) in [5.74, 6) is -1.58. The van der Waals surface area contributed by atoms with Crippen LogP contribution in [-0.2, 0) is 6.18 Å². The Hall–Kier alpha value is -2.74. The first-order chi connectivity index (χ1) is 12.7. The van der Waals surface area contributed by atoms with E-state index in [1.165, 1.54) is 31.2 Å². The zero-order valence-corrected chi connectivity index (χ0v) is 14.1. The largest absolute Gasteiger partial charge is 0.418 e. The first-order valence-electron chi connectivity index (χ1n) is 8.01. The molecule has 1 aromatic heterocycles. The molecule has 1 atom stereocenters. The van der Waals surface area contributed by atoms with Gasteiger partial charge in [-0.05, 0) is 36.8 Å². The fraction of sp³-hybridized carbons (Fsp3) is 0.211. The average Bonchev–Trinajstić information content (AvgIpc) is 2.58. The van der Waals surface area contributed by atoms with E-state index in [-0.39, 0.29) is 28.7 Å². The number of rotatable bonds is 4. The molecule has 0 bridgehead atoms. The van der Waals surface area contributed by atoms with Gasteiger partial charge in [0.1, 0.15) is 11.6 Å². The molecule has 8 heteroatoms. The molecule has 3 rings (SSSR count). The maximum absolute atomic E-state index is 13.7. The first-order valence-corrected chi connectivity index (χ1v) is 8.01. The van der Waals surface area contributed by atoms with E-state index in [0.717, 1.165) is 12.1 Å². The van der Waals surface area contributed by atoms with Gasteiger partial charge in [0.2, 0.25) is 0 Å². The smallest absolute Gasteiger partial charge is 0.387 e. The van der Waals surface area contributed by atoms with E-state index in [2.05, 4.69) is 10.3 Å². The topological polar surface area (TPSA) is 45.1 Å². The third-order valence-electron chi connectivity index (χ3n) is 4.08. The summed E-state index contributed by atoms with van der Waals surface area (Å²) in [6.45, 7) is 1.34. The van der Waals surface area contributed by atoms with Crippen LogP contribution in [0.2, 0.25) is 0 Å². The van der Waals surface area contributed by atoms with Crippen LogP contribution in [0.4, 0.5) is 27.6 Å². The van der Waals surface area contributed by atoms with Crippen molar-refractivity contribution in [2.75, 3.05) is 11.9 Å². The summed E-state index contributed by atoms with van der Waals surface area (Å²) in [4.78, 5) is 3.97. The van der Waals surface area contributed by atoms with Gasteiger partial charge in [0.25, 0.3) is 0 Å². The van der Waals surface area contributed by atoms with Crippen LogP contribution in [0.1, 0.15) is 22.9 Å². The second-order valence-electron chi connectivity index (χ2n) is 6.07. The lowest BCUT2D eigenvalue weighted by molar-refractivity contribution is -0.136. The normalized spacial score (nSPS) is 13.0. The Bertz CT molecular complexity index is 988. The summed E-state index contributed by atoms with van der Waals surface area (Å²) in [5, 5.41) is 13.3. The van der Waals surface area contributed by atoms with Crippen LogP contribution in [-0.4, -0.2) is 16.6 Å². The summed E-state index contributed by atoms with van der Waals surface area (Å²) in [6.07, 6.45) is -5.82. The van der Waals surface area contributed by atoms with Crippen molar-refractivity contribution in [3.63, 3.8) is 0 Å². The predicted molar refractivity (Wildman–Crippen MR) is 91.3 cm³/mol. The fourth-order valence-corrected chi connectivity index (χ4v) is 2.86. The summed E-state index contributed by atoms with van der Waals surface area (Å²) in [6, 6.07) is 8.01. The summed E-state index contributed by atoms with van der Waals surface area (Å²) in [7, 11) is 0. The molecule has 3 aromatic rings. The molecule has 0 saturated carbocycles. The van der Waals surface area contributed by atoms with Crippen LogP contribution in [0.5, 0.6) is 0 Å². The van der Waals surface area contributed by atoms with E-state index in [4.69, 9.17) is 0 Å². The van der Waals surface area contributed by atoms with E-state index >= 15 is 0 Å². The predicted octanol–water partition coefficient (Wildman–Crippen LogP) is 4.99. The second-order valence-corrected chi connectivity index (χ2v) is 6.07. The molecule has 3 nitrogen and oxygen atoms in total. The second kappa shape index (κ2) is 7.11. The molecule has 0 aliphatic rings. The van der Waals surface area contributed by atoms with Gasteiger partial charge in [-0.1, -0.05) is 12.1 Å². The standard InChI is InChI=1S/C19H15F5N2O/c1-10-7-13(12-3-2-4-14(18(12)26-10)19(22,23)24)17(27)9-25-16-6-5-11(20)8-15(16)21/h2-8,17,25,27H,9H2,1H3. The minimum absolute atomic E-state index is 0.0264. The molecule has 2 aromatic carbocycles. The Kier molecular flexibility index (Phi) is 5.01. The van der Waals surface area contributed by atoms with Gasteiger partial charge in [0, 0.05) is 23.7 Å². The van der Waals surface area contributed by atoms with Crippen LogP contribution in [0.15, 0.2) is 42.5 Å². The van der Waals surface area contributed by atoms with Gasteiger partial charge >= 0.3 is 6.18 Å². The fourth-order valence-electron chi connectivity index (χ4n) is 2.86. The van der Waals surface area contributed by atoms with Crippen LogP contribution in [0.25, 0.3) is 10.9 Å². The molecule has 1 heterocycles. The van der Waals surface area contributed by atoms with Gasteiger partial charge < -0.3 is 10.4 Å². The van der Waals surface area contributed by atoms with Crippen LogP contribution in [0, 0.1) is 18.6 Å². The molecule has 142 valence electrons. The Morgan fingerprint density at radius 1 is 1.11 bits per heavy atom. The monoisotopic (exact) mass is 382 g/mol. The molecule has 0 aliphatic carbocycles. The van der Waals surface area contributed by atoms with Gasteiger partial charge in [-0.15, -0.1) is 0 Å². The Morgan fingerprint density at radius 3 is 2.52 bits per heavy atom. The van der Waals surface area contributed by atoms with Crippen LogP contribution in [0.3, 0.4) is 0 Å². The molecule has 0 radical (unpaired) electrons. The van der Waals surface area contributed by atoms with E-state index in [1.807, 2.05) is 0 Å². The van der Waals surface area contributed by atoms with Gasteiger partial charge in [0.05, 0.1) is 22.9 Å². The van der Waals surface area contributed by atoms with Gasteiger partial charge in [-0.3, -0.25) is 4.98 Å². The van der Waals surface area contributed by atoms with Gasteiger partial charge in [-0.2, -0.15) is 13.2 Å². The summed E-state index contributed by atoms with van der Waals surface area (Å²) >= 11 is 0. The van der Waals surface area contributed by atoms with Crippen LogP contribution < -0.4 is 5.32 Å². The minimum atomic E-state index is -4.59. The molecule has 2 N–H and O–H groups in total. The minimum Gasteiger partial charge on any atom is -0.387 e. The number of alkyl halides is 3. The number of para-hydroxylation sites is 1. The molecule has 27 heavy (non-hydrogen) atoms. The molecule has 0 amide bonds. The Labute approximate surface area is 151 Å². The number of fused-ring (bicyclic) bond motifs is 1. The lowest BCUT2D eigenvalue weighted by Crippen LogP contribution is -2.15. The molecular weight excluding hydrogens is 367 g/mol. The highest BCUT2D eigenvalue weighted by molar-refractivity contribution is 5.86. The number of aliphatic hydroxyl groups is 1. The lowest BCUT2D eigenvalue weighted by Gasteiger charge is -2.18. The number of benzene rings is 2. The number of nitrogens with one attached hydrogen (secondary N) is 1. The molecule has 1 unspecified atom stereocenters. The quantitative estimate of drug-likeness (QED) is 0.625. The SMILES string of the molecule is Cc1cc(C(O)CNc2ccc(F)cc2F)c2cccc(C(F)(F)F)c2n1. The highest BCUT2D eigenvalue weighted by Gasteiger charge is 2.33. The number of pyridine rings is 1. The zero-order valence-electron chi connectivity index (χ0n) is 14.1. The van der Waals surface area contributed by atoms with E-state index in [9.17, 15) is 27.1 Å². The van der Waals surface area contributed by atoms with Crippen molar-refractivity contribution < 1.29 is 27.1 Å². The van der Waals surface area contributed by atoms with Gasteiger partial charge in [0.15, 0.2) is 0 Å². The summed E-state index contributed by atoms with van der Waals surface area (Å²) in [5.41, 5.74) is -0.636. The number of hydrogen-bond donors (Lipinski definition) is 2. The first kappa shape index (κ1) is 19.0. The Balaban J connectivity index is 1.96. The van der Waals surface area contributed by atoms with Crippen LogP contribution >= 0.6 is 0 Å². The number of aryl methyl sites for hydroxylation is 1. The zero-order chi connectivity index (χ0) is 19.8. The number of halogens is 5. The molecule has 0 saturated heterocycles. The van der Waals surface area contributed by atoms with Crippen molar-refractivity contribution in [3.8, 4) is 0 Å². The van der Waals surface area contributed by atoms with Crippen molar-refractivity contribution in [2.24, 2.45) is 0 Å². The maximum atomic E-state index is 13.7. The van der Waals surface area contributed by atoms with Crippen molar-refractivity contribution in [2.45, 2.75) is 19.2 Å². The maximum Gasteiger partial charge on any atom is 0.418 e. The molecule has 0 fully saturated rings. The molecule has 0 spiro atoms. The number of aliphatic hydroxyl groups excluding tert-OH is 1. The van der Waals surface area contributed by atoms with Crippen molar-refractivity contribution in [1.29, 1.82) is 0 Å². The third-order valence-corrected chi connectivity index (χ3v) is 4.08. The highest BCUT2D eigenvalue weighted by Crippen LogP contribution is 2.36. The number of aromatic nitrogens is 1.